The molecule has 1 atom stereocenters. The van der Waals surface area contributed by atoms with Crippen molar-refractivity contribution in [1.29, 1.82) is 0 Å². The summed E-state index contributed by atoms with van der Waals surface area (Å²) in [6.07, 6.45) is 9.89. The van der Waals surface area contributed by atoms with Crippen LogP contribution >= 0.6 is 11.8 Å². The first kappa shape index (κ1) is 11.1. The molecule has 1 N–H and O–H groups in total. The molecule has 0 radical (unpaired) electrons. The number of thioether (sulfide) groups is 1. The number of carbonyl (C=O) groups excluding carboxylic acids is 1. The van der Waals surface area contributed by atoms with Crippen molar-refractivity contribution in [2.24, 2.45) is 0 Å². The highest BCUT2D eigenvalue weighted by Gasteiger charge is 2.35. The van der Waals surface area contributed by atoms with Crippen LogP contribution in [0.3, 0.4) is 0 Å². The number of aliphatic hydroxyl groups excluding tert-OH is 1. The second kappa shape index (κ2) is 4.51. The van der Waals surface area contributed by atoms with Gasteiger partial charge in [-0.05, 0) is 13.3 Å². The summed E-state index contributed by atoms with van der Waals surface area (Å²) in [6, 6.07) is 0. The Labute approximate surface area is 88.4 Å². The lowest BCUT2D eigenvalue weighted by molar-refractivity contribution is -0.106. The smallest absolute Gasteiger partial charge is 0.216 e. The molecule has 1 heterocycles. The molecule has 0 fully saturated rings. The summed E-state index contributed by atoms with van der Waals surface area (Å²) in [5.41, 5.74) is 0. The molecule has 76 valence electrons. The fraction of sp³-hybridized carbons (Fsp3) is 0.364. The topological polar surface area (TPSA) is 37.3 Å². The summed E-state index contributed by atoms with van der Waals surface area (Å²) in [5, 5.41) is 9.43. The lowest BCUT2D eigenvalue weighted by Gasteiger charge is -2.16. The molecule has 0 aromatic carbocycles. The van der Waals surface area contributed by atoms with Crippen LogP contribution in [-0.4, -0.2) is 15.0 Å². The summed E-state index contributed by atoms with van der Waals surface area (Å²) in [5.74, 6) is 0.133. The zero-order valence-corrected chi connectivity index (χ0v) is 9.17. The third-order valence-electron chi connectivity index (χ3n) is 1.97. The third-order valence-corrected chi connectivity index (χ3v) is 3.06. The van der Waals surface area contributed by atoms with Gasteiger partial charge < -0.3 is 5.11 Å². The van der Waals surface area contributed by atoms with E-state index in [4.69, 9.17) is 0 Å². The van der Waals surface area contributed by atoms with E-state index < -0.39 is 4.75 Å². The van der Waals surface area contributed by atoms with Crippen molar-refractivity contribution in [3.63, 3.8) is 0 Å². The summed E-state index contributed by atoms with van der Waals surface area (Å²) in [7, 11) is 0. The molecule has 0 aromatic rings. The summed E-state index contributed by atoms with van der Waals surface area (Å²) in [6.45, 7) is 3.88. The predicted molar refractivity (Wildman–Crippen MR) is 60.3 cm³/mol. The minimum atomic E-state index is -0.574. The largest absolute Gasteiger partial charge is 0.510 e. The first-order chi connectivity index (χ1) is 6.58. The van der Waals surface area contributed by atoms with Gasteiger partial charge in [-0.2, -0.15) is 0 Å². The van der Waals surface area contributed by atoms with Crippen LogP contribution in [0.4, 0.5) is 0 Å². The molecule has 0 spiro atoms. The van der Waals surface area contributed by atoms with Gasteiger partial charge in [-0.15, -0.1) is 0 Å². The van der Waals surface area contributed by atoms with Gasteiger partial charge in [0.2, 0.25) is 5.12 Å². The van der Waals surface area contributed by atoms with E-state index in [0.717, 1.165) is 18.2 Å². The highest BCUT2D eigenvalue weighted by atomic mass is 32.2. The summed E-state index contributed by atoms with van der Waals surface area (Å²) in [4.78, 5) is 11.0. The average Bonchev–Trinajstić information content (AvgIpc) is 2.36. The molecule has 0 bridgehead atoms. The minimum absolute atomic E-state index is 0.0888. The first-order valence-electron chi connectivity index (χ1n) is 4.57. The normalized spacial score (nSPS) is 27.9. The second-order valence-electron chi connectivity index (χ2n) is 3.25. The van der Waals surface area contributed by atoms with Crippen LogP contribution in [-0.2, 0) is 4.79 Å². The number of hydrogen-bond acceptors (Lipinski definition) is 3. The predicted octanol–water partition coefficient (Wildman–Crippen LogP) is 2.98. The number of rotatable bonds is 3. The Balaban J connectivity index is 2.69. The monoisotopic (exact) mass is 210 g/mol. The SMILES string of the molecule is CCC=CC=CC1(C)SC(=O)C=C1O. The Morgan fingerprint density at radius 2 is 2.29 bits per heavy atom. The maximum atomic E-state index is 11.0. The Morgan fingerprint density at radius 1 is 1.57 bits per heavy atom. The van der Waals surface area contributed by atoms with Crippen molar-refractivity contribution >= 4 is 16.9 Å². The van der Waals surface area contributed by atoms with E-state index in [1.165, 1.54) is 6.08 Å². The van der Waals surface area contributed by atoms with Crippen molar-refractivity contribution in [3.05, 3.63) is 36.1 Å². The molecule has 1 rings (SSSR count). The quantitative estimate of drug-likeness (QED) is 0.728. The van der Waals surface area contributed by atoms with E-state index in [9.17, 15) is 9.90 Å². The number of carbonyl (C=O) groups is 1. The molecule has 0 aromatic heterocycles. The Kier molecular flexibility index (Phi) is 3.58. The van der Waals surface area contributed by atoms with Gasteiger partial charge >= 0.3 is 0 Å². The van der Waals surface area contributed by atoms with Crippen molar-refractivity contribution < 1.29 is 9.90 Å². The van der Waals surface area contributed by atoms with E-state index in [-0.39, 0.29) is 10.9 Å². The van der Waals surface area contributed by atoms with Gasteiger partial charge in [0.1, 0.15) is 5.76 Å². The molecule has 0 saturated carbocycles. The molecule has 0 saturated heterocycles. The van der Waals surface area contributed by atoms with Crippen LogP contribution in [0.1, 0.15) is 20.3 Å². The summed E-state index contributed by atoms with van der Waals surface area (Å²) >= 11 is 1.13. The fourth-order valence-corrected chi connectivity index (χ4v) is 2.02. The first-order valence-corrected chi connectivity index (χ1v) is 5.38. The van der Waals surface area contributed by atoms with Gasteiger partial charge in [0, 0.05) is 6.08 Å². The Bertz CT molecular complexity index is 315. The maximum absolute atomic E-state index is 11.0. The lowest BCUT2D eigenvalue weighted by atomic mass is 10.1. The van der Waals surface area contributed by atoms with E-state index in [0.29, 0.717) is 0 Å². The van der Waals surface area contributed by atoms with Crippen LogP contribution in [0.5, 0.6) is 0 Å². The fourth-order valence-electron chi connectivity index (χ4n) is 1.12. The van der Waals surface area contributed by atoms with Gasteiger partial charge in [0.05, 0.1) is 4.75 Å². The maximum Gasteiger partial charge on any atom is 0.216 e. The molecule has 14 heavy (non-hydrogen) atoms. The molecular formula is C11H14O2S. The van der Waals surface area contributed by atoms with Crippen LogP contribution in [0.15, 0.2) is 36.1 Å². The van der Waals surface area contributed by atoms with Crippen molar-refractivity contribution in [2.75, 3.05) is 0 Å². The van der Waals surface area contributed by atoms with Gasteiger partial charge in [-0.1, -0.05) is 43.0 Å². The van der Waals surface area contributed by atoms with Crippen molar-refractivity contribution in [3.8, 4) is 0 Å². The van der Waals surface area contributed by atoms with Crippen molar-refractivity contribution in [2.45, 2.75) is 25.0 Å². The minimum Gasteiger partial charge on any atom is -0.510 e. The Hall–Kier alpha value is -0.960. The standard InChI is InChI=1S/C11H14O2S/c1-3-4-5-6-7-11(2)9(12)8-10(13)14-11/h4-8,12H,3H2,1-2H3. The van der Waals surface area contributed by atoms with Crippen LogP contribution in [0.2, 0.25) is 0 Å². The number of hydrogen-bond donors (Lipinski definition) is 1. The molecule has 3 heteroatoms. The third kappa shape index (κ3) is 2.51. The summed E-state index contributed by atoms with van der Waals surface area (Å²) < 4.78 is -0.574. The van der Waals surface area contributed by atoms with Crippen LogP contribution in [0.25, 0.3) is 0 Å². The van der Waals surface area contributed by atoms with Gasteiger partial charge in [-0.3, -0.25) is 4.79 Å². The molecule has 0 amide bonds. The van der Waals surface area contributed by atoms with Crippen LogP contribution in [0, 0.1) is 0 Å². The molecule has 1 aliphatic rings. The number of allylic oxidation sites excluding steroid dienone is 3. The number of aliphatic hydroxyl groups is 1. The highest BCUT2D eigenvalue weighted by Crippen LogP contribution is 2.39. The van der Waals surface area contributed by atoms with E-state index >= 15 is 0 Å². The van der Waals surface area contributed by atoms with Gasteiger partial charge in [0.15, 0.2) is 0 Å². The van der Waals surface area contributed by atoms with Crippen molar-refractivity contribution in [1.82, 2.24) is 0 Å². The van der Waals surface area contributed by atoms with Gasteiger partial charge in [0.25, 0.3) is 0 Å². The zero-order valence-electron chi connectivity index (χ0n) is 8.36. The van der Waals surface area contributed by atoms with E-state index in [2.05, 4.69) is 6.92 Å². The molecular weight excluding hydrogens is 196 g/mol. The molecule has 1 unspecified atom stereocenters. The molecule has 2 nitrogen and oxygen atoms in total. The zero-order chi connectivity index (χ0) is 10.6. The van der Waals surface area contributed by atoms with E-state index in [1.54, 1.807) is 0 Å². The highest BCUT2D eigenvalue weighted by molar-refractivity contribution is 8.15. The van der Waals surface area contributed by atoms with Gasteiger partial charge in [-0.25, -0.2) is 0 Å². The van der Waals surface area contributed by atoms with E-state index in [1.807, 2.05) is 31.2 Å². The van der Waals surface area contributed by atoms with Crippen LogP contribution < -0.4 is 0 Å². The second-order valence-corrected chi connectivity index (χ2v) is 4.71. The Morgan fingerprint density at radius 3 is 2.79 bits per heavy atom. The molecule has 0 aliphatic carbocycles. The average molecular weight is 210 g/mol. The lowest BCUT2D eigenvalue weighted by Crippen LogP contribution is -2.16. The molecule has 1 aliphatic heterocycles.